The van der Waals surface area contributed by atoms with Crippen LogP contribution in [0.5, 0.6) is 5.75 Å². The summed E-state index contributed by atoms with van der Waals surface area (Å²) in [7, 11) is 0. The van der Waals surface area contributed by atoms with Crippen molar-refractivity contribution in [3.63, 3.8) is 0 Å². The molecule has 2 aromatic rings. The predicted octanol–water partition coefficient (Wildman–Crippen LogP) is 4.46. The number of ether oxygens (including phenoxy) is 1. The van der Waals surface area contributed by atoms with Crippen LogP contribution >= 0.6 is 0 Å². The molecular formula is C19H24FNO. The maximum Gasteiger partial charge on any atom is 0.165 e. The third-order valence-corrected chi connectivity index (χ3v) is 3.92. The molecule has 0 fully saturated rings. The zero-order valence-corrected chi connectivity index (χ0v) is 13.3. The number of nitrogens with two attached hydrogens (primary N) is 1. The first-order valence-electron chi connectivity index (χ1n) is 7.79. The molecule has 1 atom stereocenters. The van der Waals surface area contributed by atoms with Crippen LogP contribution in [0.3, 0.4) is 0 Å². The summed E-state index contributed by atoms with van der Waals surface area (Å²) in [6.45, 7) is 5.37. The second-order valence-corrected chi connectivity index (χ2v) is 5.82. The van der Waals surface area contributed by atoms with E-state index < -0.39 is 0 Å². The molecule has 0 aliphatic heterocycles. The monoisotopic (exact) mass is 301 g/mol. The van der Waals surface area contributed by atoms with Gasteiger partial charge in [0, 0.05) is 0 Å². The van der Waals surface area contributed by atoms with Crippen molar-refractivity contribution in [2.75, 3.05) is 13.2 Å². The lowest BCUT2D eigenvalue weighted by molar-refractivity contribution is 0.284. The summed E-state index contributed by atoms with van der Waals surface area (Å²) < 4.78 is 19.0. The van der Waals surface area contributed by atoms with Gasteiger partial charge in [-0.05, 0) is 48.1 Å². The second-order valence-electron chi connectivity index (χ2n) is 5.82. The summed E-state index contributed by atoms with van der Waals surface area (Å²) in [5, 5.41) is 0. The highest BCUT2D eigenvalue weighted by molar-refractivity contribution is 5.27. The molecule has 3 heteroatoms. The van der Waals surface area contributed by atoms with Crippen LogP contribution in [0.4, 0.5) is 4.39 Å². The molecule has 0 amide bonds. The molecule has 0 aliphatic rings. The number of benzene rings is 2. The van der Waals surface area contributed by atoms with Crippen molar-refractivity contribution >= 4 is 0 Å². The standard InChI is InChI=1S/C19H24FNO/c1-14(2)15-7-9-16(10-8-15)17(13-21)11-12-22-19-6-4-3-5-18(19)20/h3-10,14,17H,11-13,21H2,1-2H3. The third kappa shape index (κ3) is 4.31. The van der Waals surface area contributed by atoms with Crippen molar-refractivity contribution in [3.05, 3.63) is 65.5 Å². The Hall–Kier alpha value is -1.87. The van der Waals surface area contributed by atoms with Crippen LogP contribution < -0.4 is 10.5 Å². The minimum atomic E-state index is -0.326. The van der Waals surface area contributed by atoms with Crippen LogP contribution in [0.1, 0.15) is 43.2 Å². The first-order valence-corrected chi connectivity index (χ1v) is 7.79. The zero-order chi connectivity index (χ0) is 15.9. The maximum atomic E-state index is 13.5. The van der Waals surface area contributed by atoms with E-state index in [1.54, 1.807) is 18.2 Å². The molecule has 2 aromatic carbocycles. The zero-order valence-electron chi connectivity index (χ0n) is 13.3. The number of rotatable bonds is 7. The molecule has 2 nitrogen and oxygen atoms in total. The first kappa shape index (κ1) is 16.5. The topological polar surface area (TPSA) is 35.2 Å². The normalized spacial score (nSPS) is 12.4. The molecule has 0 aromatic heterocycles. The van der Waals surface area contributed by atoms with Gasteiger partial charge in [0.2, 0.25) is 0 Å². The molecule has 1 unspecified atom stereocenters. The fraction of sp³-hybridized carbons (Fsp3) is 0.368. The summed E-state index contributed by atoms with van der Waals surface area (Å²) in [6.07, 6.45) is 0.770. The minimum absolute atomic E-state index is 0.230. The molecule has 0 saturated carbocycles. The molecule has 0 radical (unpaired) electrons. The summed E-state index contributed by atoms with van der Waals surface area (Å²) in [6, 6.07) is 15.0. The van der Waals surface area contributed by atoms with Gasteiger partial charge >= 0.3 is 0 Å². The number of para-hydroxylation sites is 1. The van der Waals surface area contributed by atoms with Crippen LogP contribution in [-0.4, -0.2) is 13.2 Å². The van der Waals surface area contributed by atoms with E-state index in [0.29, 0.717) is 24.8 Å². The fourth-order valence-electron chi connectivity index (χ4n) is 2.45. The van der Waals surface area contributed by atoms with Crippen molar-refractivity contribution in [1.82, 2.24) is 0 Å². The first-order chi connectivity index (χ1) is 10.6. The second kappa shape index (κ2) is 7.95. The summed E-state index contributed by atoms with van der Waals surface area (Å²) in [5.41, 5.74) is 8.42. The van der Waals surface area contributed by atoms with Crippen LogP contribution in [0.15, 0.2) is 48.5 Å². The summed E-state index contributed by atoms with van der Waals surface area (Å²) in [4.78, 5) is 0. The molecule has 2 N–H and O–H groups in total. The number of hydrogen-bond donors (Lipinski definition) is 1. The Morgan fingerprint density at radius 3 is 2.23 bits per heavy atom. The van der Waals surface area contributed by atoms with Crippen molar-refractivity contribution in [3.8, 4) is 5.75 Å². The highest BCUT2D eigenvalue weighted by Crippen LogP contribution is 2.23. The van der Waals surface area contributed by atoms with E-state index in [4.69, 9.17) is 10.5 Å². The van der Waals surface area contributed by atoms with E-state index in [1.807, 2.05) is 0 Å². The molecule has 22 heavy (non-hydrogen) atoms. The molecule has 2 rings (SSSR count). The van der Waals surface area contributed by atoms with E-state index >= 15 is 0 Å². The smallest absolute Gasteiger partial charge is 0.165 e. The van der Waals surface area contributed by atoms with Gasteiger partial charge in [-0.3, -0.25) is 0 Å². The number of hydrogen-bond acceptors (Lipinski definition) is 2. The van der Waals surface area contributed by atoms with Crippen LogP contribution in [0.25, 0.3) is 0 Å². The van der Waals surface area contributed by atoms with Gasteiger partial charge in [0.1, 0.15) is 0 Å². The largest absolute Gasteiger partial charge is 0.490 e. The Balaban J connectivity index is 1.93. The van der Waals surface area contributed by atoms with Crippen molar-refractivity contribution < 1.29 is 9.13 Å². The van der Waals surface area contributed by atoms with E-state index in [-0.39, 0.29) is 11.7 Å². The number of halogens is 1. The van der Waals surface area contributed by atoms with Crippen molar-refractivity contribution in [1.29, 1.82) is 0 Å². The highest BCUT2D eigenvalue weighted by Gasteiger charge is 2.11. The van der Waals surface area contributed by atoms with Gasteiger partial charge < -0.3 is 10.5 Å². The van der Waals surface area contributed by atoms with Gasteiger partial charge in [-0.2, -0.15) is 0 Å². The van der Waals surface area contributed by atoms with Crippen molar-refractivity contribution in [2.24, 2.45) is 5.73 Å². The van der Waals surface area contributed by atoms with Crippen LogP contribution in [0, 0.1) is 5.82 Å². The molecule has 0 spiro atoms. The van der Waals surface area contributed by atoms with Gasteiger partial charge in [-0.15, -0.1) is 0 Å². The molecular weight excluding hydrogens is 277 g/mol. The van der Waals surface area contributed by atoms with Crippen molar-refractivity contribution in [2.45, 2.75) is 32.1 Å². The molecule has 0 saturated heterocycles. The third-order valence-electron chi connectivity index (χ3n) is 3.92. The molecule has 118 valence electrons. The lowest BCUT2D eigenvalue weighted by atomic mass is 9.93. The summed E-state index contributed by atoms with van der Waals surface area (Å²) in [5.74, 6) is 0.726. The minimum Gasteiger partial charge on any atom is -0.490 e. The molecule has 0 bridgehead atoms. The predicted molar refractivity (Wildman–Crippen MR) is 88.8 cm³/mol. The molecule has 0 heterocycles. The van der Waals surface area contributed by atoms with Crippen LogP contribution in [0.2, 0.25) is 0 Å². The average molecular weight is 301 g/mol. The SMILES string of the molecule is CC(C)c1ccc(C(CN)CCOc2ccccc2F)cc1. The Bertz CT molecular complexity index is 580. The quantitative estimate of drug-likeness (QED) is 0.819. The van der Waals surface area contributed by atoms with Crippen LogP contribution in [-0.2, 0) is 0 Å². The molecule has 0 aliphatic carbocycles. The Labute approximate surface area is 132 Å². The highest BCUT2D eigenvalue weighted by atomic mass is 19.1. The lowest BCUT2D eigenvalue weighted by Crippen LogP contribution is -2.16. The fourth-order valence-corrected chi connectivity index (χ4v) is 2.45. The van der Waals surface area contributed by atoms with E-state index in [2.05, 4.69) is 38.1 Å². The Kier molecular flexibility index (Phi) is 5.96. The van der Waals surface area contributed by atoms with Gasteiger partial charge in [0.15, 0.2) is 11.6 Å². The Morgan fingerprint density at radius 1 is 1.00 bits per heavy atom. The lowest BCUT2D eigenvalue weighted by Gasteiger charge is -2.17. The maximum absolute atomic E-state index is 13.5. The Morgan fingerprint density at radius 2 is 1.64 bits per heavy atom. The summed E-state index contributed by atoms with van der Waals surface area (Å²) >= 11 is 0. The van der Waals surface area contributed by atoms with E-state index in [0.717, 1.165) is 6.42 Å². The van der Waals surface area contributed by atoms with Gasteiger partial charge in [-0.25, -0.2) is 4.39 Å². The van der Waals surface area contributed by atoms with Gasteiger partial charge in [0.05, 0.1) is 6.61 Å². The average Bonchev–Trinajstić information content (AvgIpc) is 2.53. The van der Waals surface area contributed by atoms with E-state index in [1.165, 1.54) is 17.2 Å². The van der Waals surface area contributed by atoms with Gasteiger partial charge in [-0.1, -0.05) is 50.2 Å². The van der Waals surface area contributed by atoms with E-state index in [9.17, 15) is 4.39 Å². The van der Waals surface area contributed by atoms with Gasteiger partial charge in [0.25, 0.3) is 0 Å².